The van der Waals surface area contributed by atoms with Crippen molar-refractivity contribution < 1.29 is 8.83 Å². The molecule has 0 atom stereocenters. The number of hydrogen-bond donors (Lipinski definition) is 0. The molecule has 2 aromatic heterocycles. The highest BCUT2D eigenvalue weighted by Crippen LogP contribution is 2.53. The molecule has 18 rings (SSSR count). The summed E-state index contributed by atoms with van der Waals surface area (Å²) in [6, 6.07) is 112. The van der Waals surface area contributed by atoms with Gasteiger partial charge in [-0.2, -0.15) is 0 Å². The fraction of sp³-hybridized carbons (Fsp3) is 0.0870. The molecule has 0 amide bonds. The summed E-state index contributed by atoms with van der Waals surface area (Å²) in [5, 5.41) is 4.42. The molecule has 0 bridgehead atoms. The minimum atomic E-state index is -0.0939. The summed E-state index contributed by atoms with van der Waals surface area (Å²) in [5.74, 6) is 0. The van der Waals surface area contributed by atoms with Gasteiger partial charge in [-0.3, -0.25) is 0 Å². The van der Waals surface area contributed by atoms with Crippen LogP contribution in [0.5, 0.6) is 0 Å². The molecular weight excluding hydrogens is 1170 g/mol. The van der Waals surface area contributed by atoms with Crippen molar-refractivity contribution in [3.05, 3.63) is 337 Å². The van der Waals surface area contributed by atoms with Crippen molar-refractivity contribution >= 4 is 78.0 Å². The number of aryl methyl sites for hydroxylation is 2. The highest BCUT2D eigenvalue weighted by molar-refractivity contribution is 6.08. The van der Waals surface area contributed by atoms with Gasteiger partial charge in [0.2, 0.25) is 0 Å². The quantitative estimate of drug-likeness (QED) is 0.129. The summed E-state index contributed by atoms with van der Waals surface area (Å²) in [4.78, 5) is 4.90. The van der Waals surface area contributed by atoms with Crippen LogP contribution >= 0.6 is 0 Å². The van der Waals surface area contributed by atoms with Crippen molar-refractivity contribution in [2.75, 3.05) is 9.80 Å². The molecule has 14 aromatic carbocycles. The molecule has 4 nitrogen and oxygen atoms in total. The van der Waals surface area contributed by atoms with E-state index in [1.807, 2.05) is 12.1 Å². The molecule has 0 N–H and O–H groups in total. The van der Waals surface area contributed by atoms with Gasteiger partial charge < -0.3 is 18.6 Å². The molecule has 0 unspecified atom stereocenters. The highest BCUT2D eigenvalue weighted by atomic mass is 16.3. The summed E-state index contributed by atoms with van der Waals surface area (Å²) in [5.41, 5.74) is 34.5. The van der Waals surface area contributed by atoms with Gasteiger partial charge in [-0.25, -0.2) is 0 Å². The lowest BCUT2D eigenvalue weighted by Crippen LogP contribution is -2.14. The molecule has 2 heterocycles. The first-order valence-corrected chi connectivity index (χ1v) is 33.4. The van der Waals surface area contributed by atoms with Gasteiger partial charge in [-0.15, -0.1) is 0 Å². The zero-order valence-electron chi connectivity index (χ0n) is 54.6. The molecule has 0 fully saturated rings. The van der Waals surface area contributed by atoms with E-state index >= 15 is 0 Å². The van der Waals surface area contributed by atoms with E-state index in [9.17, 15) is 0 Å². The summed E-state index contributed by atoms with van der Waals surface area (Å²) >= 11 is 0. The van der Waals surface area contributed by atoms with Crippen molar-refractivity contribution in [1.82, 2.24) is 0 Å². The standard InChI is InChI=1S/C92H68N2O2/c1-57-51-61(37-47-83(57)93(85-27-15-9-19-69(85)65-39-49-89-77(53-65)75-23-11-17-29-87(75)95-89)67-41-31-59(32-42-67)63-35-45-73-71-21-7-13-25-79(71)91(3,4)81(73)55-63)62-38-48-84(58(2)52-62)94(86-28-16-10-20-70(86)66-40-50-90-78(54-66)76-24-12-18-30-88(76)96-90)68-43-33-60(34-44-68)64-36-46-74-72-22-8-14-26-80(72)92(5,6)82(74)56-64/h7-56H,1-6H3. The Morgan fingerprint density at radius 3 is 0.979 bits per heavy atom. The molecule has 458 valence electrons. The zero-order valence-corrected chi connectivity index (χ0v) is 54.6. The van der Waals surface area contributed by atoms with E-state index in [0.29, 0.717) is 0 Å². The van der Waals surface area contributed by atoms with Crippen LogP contribution in [0.4, 0.5) is 34.1 Å². The Morgan fingerprint density at radius 1 is 0.229 bits per heavy atom. The Bertz CT molecular complexity index is 5460. The fourth-order valence-electron chi connectivity index (χ4n) is 16.0. The molecule has 0 spiro atoms. The molecule has 0 aliphatic heterocycles. The first kappa shape index (κ1) is 57.0. The average Bonchev–Trinajstić information content (AvgIpc) is 1.55. The van der Waals surface area contributed by atoms with Crippen molar-refractivity contribution in [3.8, 4) is 77.9 Å². The van der Waals surface area contributed by atoms with Crippen LogP contribution in [0.15, 0.2) is 312 Å². The summed E-state index contributed by atoms with van der Waals surface area (Å²) in [6.07, 6.45) is 0. The SMILES string of the molecule is Cc1cc(-c2ccc(N(c3ccc(-c4ccc5c(c4)C(C)(C)c4ccccc4-5)cc3)c3ccccc3-c3ccc4oc5ccccc5c4c3)c(C)c2)ccc1N(c1ccc(-c2ccc3c(c2)C(C)(C)c2ccccc2-3)cc1)c1ccccc1-c1ccc2oc3ccccc3c2c1. The van der Waals surface area contributed by atoms with Crippen LogP contribution in [0.2, 0.25) is 0 Å². The van der Waals surface area contributed by atoms with Gasteiger partial charge in [0.25, 0.3) is 0 Å². The second-order valence-corrected chi connectivity index (χ2v) is 27.3. The molecule has 2 aliphatic rings. The topological polar surface area (TPSA) is 32.8 Å². The van der Waals surface area contributed by atoms with Crippen LogP contribution in [-0.2, 0) is 10.8 Å². The Hall–Kier alpha value is -11.7. The second-order valence-electron chi connectivity index (χ2n) is 27.3. The number of nitrogens with zero attached hydrogens (tertiary/aromatic N) is 2. The number of anilines is 6. The smallest absolute Gasteiger partial charge is 0.135 e. The van der Waals surface area contributed by atoms with E-state index in [1.54, 1.807) is 0 Å². The van der Waals surface area contributed by atoms with Gasteiger partial charge in [-0.1, -0.05) is 222 Å². The largest absolute Gasteiger partial charge is 0.456 e. The summed E-state index contributed by atoms with van der Waals surface area (Å²) in [6.45, 7) is 13.9. The van der Waals surface area contributed by atoms with E-state index in [0.717, 1.165) is 123 Å². The van der Waals surface area contributed by atoms with Crippen LogP contribution in [0.25, 0.3) is 122 Å². The van der Waals surface area contributed by atoms with Gasteiger partial charge >= 0.3 is 0 Å². The first-order chi connectivity index (χ1) is 46.9. The third kappa shape index (κ3) is 9.11. The van der Waals surface area contributed by atoms with E-state index in [-0.39, 0.29) is 10.8 Å². The molecule has 0 saturated heterocycles. The van der Waals surface area contributed by atoms with E-state index in [1.165, 1.54) is 66.8 Å². The van der Waals surface area contributed by atoms with Crippen molar-refractivity contribution in [2.45, 2.75) is 52.4 Å². The van der Waals surface area contributed by atoms with Gasteiger partial charge in [0.15, 0.2) is 0 Å². The van der Waals surface area contributed by atoms with E-state index in [2.05, 4.69) is 343 Å². The van der Waals surface area contributed by atoms with Gasteiger partial charge in [0.05, 0.1) is 11.4 Å². The number of fused-ring (bicyclic) bond motifs is 12. The number of benzene rings is 14. The predicted octanol–water partition coefficient (Wildman–Crippen LogP) is 26.0. The van der Waals surface area contributed by atoms with Crippen LogP contribution < -0.4 is 9.80 Å². The molecule has 4 heteroatoms. The first-order valence-electron chi connectivity index (χ1n) is 33.4. The Morgan fingerprint density at radius 2 is 0.552 bits per heavy atom. The number of para-hydroxylation sites is 4. The monoisotopic (exact) mass is 1230 g/mol. The van der Waals surface area contributed by atoms with Crippen molar-refractivity contribution in [2.24, 2.45) is 0 Å². The molecule has 2 aliphatic carbocycles. The highest BCUT2D eigenvalue weighted by Gasteiger charge is 2.37. The summed E-state index contributed by atoms with van der Waals surface area (Å²) < 4.78 is 12.7. The molecule has 0 radical (unpaired) electrons. The van der Waals surface area contributed by atoms with Gasteiger partial charge in [0.1, 0.15) is 22.3 Å². The fourth-order valence-corrected chi connectivity index (χ4v) is 16.0. The lowest BCUT2D eigenvalue weighted by molar-refractivity contribution is 0.660. The second kappa shape index (κ2) is 21.9. The molecule has 0 saturated carbocycles. The maximum Gasteiger partial charge on any atom is 0.135 e. The number of rotatable bonds is 11. The minimum absolute atomic E-state index is 0.0939. The van der Waals surface area contributed by atoms with Crippen LogP contribution in [0, 0.1) is 13.8 Å². The Labute approximate surface area is 560 Å². The average molecular weight is 1230 g/mol. The van der Waals surface area contributed by atoms with E-state index in [4.69, 9.17) is 8.83 Å². The Kier molecular flexibility index (Phi) is 13.0. The lowest BCUT2D eigenvalue weighted by Gasteiger charge is -2.30. The van der Waals surface area contributed by atoms with Gasteiger partial charge in [0, 0.05) is 66.3 Å². The van der Waals surface area contributed by atoms with Crippen LogP contribution in [0.3, 0.4) is 0 Å². The maximum absolute atomic E-state index is 6.36. The minimum Gasteiger partial charge on any atom is -0.456 e. The maximum atomic E-state index is 6.36. The molecular formula is C92H68N2O2. The normalized spacial score (nSPS) is 13.3. The lowest BCUT2D eigenvalue weighted by atomic mass is 9.81. The van der Waals surface area contributed by atoms with E-state index < -0.39 is 0 Å². The Balaban J connectivity index is 0.731. The van der Waals surface area contributed by atoms with Crippen LogP contribution in [0.1, 0.15) is 61.1 Å². The third-order valence-electron chi connectivity index (χ3n) is 21.0. The molecule has 96 heavy (non-hydrogen) atoms. The number of furan rings is 2. The predicted molar refractivity (Wildman–Crippen MR) is 402 cm³/mol. The van der Waals surface area contributed by atoms with Crippen molar-refractivity contribution in [1.29, 1.82) is 0 Å². The number of hydrogen-bond acceptors (Lipinski definition) is 4. The third-order valence-corrected chi connectivity index (χ3v) is 21.0. The van der Waals surface area contributed by atoms with Gasteiger partial charge in [-0.05, 0) is 223 Å². The van der Waals surface area contributed by atoms with Crippen molar-refractivity contribution in [3.63, 3.8) is 0 Å². The van der Waals surface area contributed by atoms with Crippen LogP contribution in [-0.4, -0.2) is 0 Å². The molecule has 16 aromatic rings. The summed E-state index contributed by atoms with van der Waals surface area (Å²) in [7, 11) is 0. The zero-order chi connectivity index (χ0) is 64.6.